The van der Waals surface area contributed by atoms with E-state index in [1.54, 1.807) is 0 Å². The summed E-state index contributed by atoms with van der Waals surface area (Å²) in [4.78, 5) is 14.0. The predicted molar refractivity (Wildman–Crippen MR) is 50.3 cm³/mol. The van der Waals surface area contributed by atoms with Crippen molar-refractivity contribution in [2.45, 2.75) is 12.6 Å². The van der Waals surface area contributed by atoms with Crippen molar-refractivity contribution in [3.8, 4) is 0 Å². The van der Waals surface area contributed by atoms with Crippen LogP contribution in [-0.2, 0) is 16.1 Å². The van der Waals surface area contributed by atoms with Crippen molar-refractivity contribution in [2.24, 2.45) is 0 Å². The minimum absolute atomic E-state index is 0.00739. The van der Waals surface area contributed by atoms with Crippen LogP contribution in [0.1, 0.15) is 5.56 Å². The summed E-state index contributed by atoms with van der Waals surface area (Å²) in [6.07, 6.45) is -4.70. The maximum Gasteiger partial charge on any atom is 0.492 e. The van der Waals surface area contributed by atoms with Gasteiger partial charge in [0, 0.05) is 6.54 Å². The van der Waals surface area contributed by atoms with E-state index in [9.17, 15) is 22.4 Å². The van der Waals surface area contributed by atoms with Crippen LogP contribution in [0.4, 0.5) is 17.6 Å². The smallest absolute Gasteiger partial charge is 0.364 e. The molecule has 7 heteroatoms. The molecule has 0 spiro atoms. The zero-order valence-corrected chi connectivity index (χ0v) is 8.55. The summed E-state index contributed by atoms with van der Waals surface area (Å²) in [5, 5.41) is 0. The molecule has 0 aliphatic carbocycles. The molecule has 0 amide bonds. The number of hydroxylamine groups is 1. The van der Waals surface area contributed by atoms with E-state index in [1.807, 2.05) is 5.48 Å². The molecule has 1 aromatic carbocycles. The third kappa shape index (κ3) is 4.81. The summed E-state index contributed by atoms with van der Waals surface area (Å²) in [6.45, 7) is 0.00739. The van der Waals surface area contributed by atoms with Gasteiger partial charge in [-0.3, -0.25) is 0 Å². The Morgan fingerprint density at radius 3 is 2.35 bits per heavy atom. The molecule has 0 aliphatic heterocycles. The Bertz CT molecular complexity index is 375. The third-order valence-electron chi connectivity index (χ3n) is 1.83. The highest BCUT2D eigenvalue weighted by molar-refractivity contribution is 5.75. The Labute approximate surface area is 94.3 Å². The Morgan fingerprint density at radius 1 is 1.24 bits per heavy atom. The quantitative estimate of drug-likeness (QED) is 0.505. The van der Waals surface area contributed by atoms with Crippen LogP contribution in [0.25, 0.3) is 0 Å². The van der Waals surface area contributed by atoms with Gasteiger partial charge in [0.2, 0.25) is 0 Å². The molecule has 0 radical (unpaired) electrons. The molecular formula is C10H9F4NO2. The highest BCUT2D eigenvalue weighted by Gasteiger charge is 2.41. The number of benzene rings is 1. The molecule has 0 saturated carbocycles. The maximum atomic E-state index is 12.5. The first kappa shape index (κ1) is 13.4. The van der Waals surface area contributed by atoms with E-state index in [0.717, 1.165) is 0 Å². The van der Waals surface area contributed by atoms with Gasteiger partial charge in [-0.2, -0.15) is 18.7 Å². The average Bonchev–Trinajstić information content (AvgIpc) is 2.25. The largest absolute Gasteiger partial charge is 0.492 e. The Morgan fingerprint density at radius 2 is 1.82 bits per heavy atom. The van der Waals surface area contributed by atoms with Gasteiger partial charge in [-0.15, -0.1) is 0 Å². The van der Waals surface area contributed by atoms with Gasteiger partial charge in [0.15, 0.2) is 0 Å². The summed E-state index contributed by atoms with van der Waals surface area (Å²) in [6, 6.07) is 5.44. The van der Waals surface area contributed by atoms with Crippen molar-refractivity contribution < 1.29 is 27.2 Å². The summed E-state index contributed by atoms with van der Waals surface area (Å²) in [5.41, 5.74) is 2.60. The van der Waals surface area contributed by atoms with Gasteiger partial charge in [0.1, 0.15) is 5.82 Å². The molecule has 0 aromatic heterocycles. The van der Waals surface area contributed by atoms with E-state index in [0.29, 0.717) is 12.0 Å². The molecule has 1 aromatic rings. The number of halogens is 4. The molecule has 0 fully saturated rings. The van der Waals surface area contributed by atoms with Crippen LogP contribution in [0.3, 0.4) is 0 Å². The number of carbonyl (C=O) groups is 1. The fourth-order valence-electron chi connectivity index (χ4n) is 1.02. The molecule has 0 saturated heterocycles. The average molecular weight is 251 g/mol. The maximum absolute atomic E-state index is 12.5. The second kappa shape index (κ2) is 5.62. The van der Waals surface area contributed by atoms with Gasteiger partial charge >= 0.3 is 12.1 Å². The summed E-state index contributed by atoms with van der Waals surface area (Å²) in [5.74, 6) is -2.69. The zero-order valence-electron chi connectivity index (χ0n) is 8.55. The van der Waals surface area contributed by atoms with Gasteiger partial charge in [0.05, 0.1) is 0 Å². The van der Waals surface area contributed by atoms with E-state index < -0.39 is 18.0 Å². The molecule has 3 nitrogen and oxygen atoms in total. The second-order valence-electron chi connectivity index (χ2n) is 3.16. The normalized spacial score (nSPS) is 11.3. The van der Waals surface area contributed by atoms with Crippen LogP contribution in [0.2, 0.25) is 0 Å². The van der Waals surface area contributed by atoms with E-state index in [-0.39, 0.29) is 6.54 Å². The molecule has 0 bridgehead atoms. The Hall–Kier alpha value is -1.63. The second-order valence-corrected chi connectivity index (χ2v) is 3.16. The summed E-state index contributed by atoms with van der Waals surface area (Å²) in [7, 11) is 0. The van der Waals surface area contributed by atoms with E-state index >= 15 is 0 Å². The minimum Gasteiger partial charge on any atom is -0.364 e. The van der Waals surface area contributed by atoms with Crippen molar-refractivity contribution in [1.82, 2.24) is 5.48 Å². The molecule has 1 N–H and O–H groups in total. The van der Waals surface area contributed by atoms with E-state index in [4.69, 9.17) is 0 Å². The van der Waals surface area contributed by atoms with Gasteiger partial charge in [-0.25, -0.2) is 9.18 Å². The highest BCUT2D eigenvalue weighted by Crippen LogP contribution is 2.15. The van der Waals surface area contributed by atoms with Crippen LogP contribution in [0.15, 0.2) is 24.3 Å². The van der Waals surface area contributed by atoms with Crippen LogP contribution in [0.5, 0.6) is 0 Å². The monoisotopic (exact) mass is 251 g/mol. The lowest BCUT2D eigenvalue weighted by molar-refractivity contribution is -0.206. The highest BCUT2D eigenvalue weighted by atomic mass is 19.4. The van der Waals surface area contributed by atoms with Crippen LogP contribution < -0.4 is 5.48 Å². The SMILES string of the molecule is O=C(ONCCc1ccc(F)cc1)C(F)(F)F. The van der Waals surface area contributed by atoms with Gasteiger partial charge < -0.3 is 4.84 Å². The van der Waals surface area contributed by atoms with Crippen LogP contribution in [0, 0.1) is 5.82 Å². The van der Waals surface area contributed by atoms with Crippen LogP contribution in [-0.4, -0.2) is 18.7 Å². The lowest BCUT2D eigenvalue weighted by Gasteiger charge is -2.07. The third-order valence-corrected chi connectivity index (χ3v) is 1.83. The molecule has 0 unspecified atom stereocenters. The van der Waals surface area contributed by atoms with Gasteiger partial charge in [-0.05, 0) is 24.1 Å². The van der Waals surface area contributed by atoms with Crippen molar-refractivity contribution in [3.63, 3.8) is 0 Å². The number of rotatable bonds is 4. The number of hydrogen-bond donors (Lipinski definition) is 1. The molecule has 1 rings (SSSR count). The van der Waals surface area contributed by atoms with Crippen molar-refractivity contribution >= 4 is 5.97 Å². The number of alkyl halides is 3. The first-order valence-corrected chi connectivity index (χ1v) is 4.65. The van der Waals surface area contributed by atoms with Crippen molar-refractivity contribution in [3.05, 3.63) is 35.6 Å². The molecular weight excluding hydrogens is 242 g/mol. The summed E-state index contributed by atoms with van der Waals surface area (Å²) >= 11 is 0. The van der Waals surface area contributed by atoms with Crippen LogP contribution >= 0.6 is 0 Å². The van der Waals surface area contributed by atoms with Gasteiger partial charge in [0.25, 0.3) is 0 Å². The molecule has 0 aliphatic rings. The lowest BCUT2D eigenvalue weighted by Crippen LogP contribution is -2.32. The minimum atomic E-state index is -5.01. The number of nitrogens with one attached hydrogen (secondary N) is 1. The number of hydrogen-bond acceptors (Lipinski definition) is 3. The van der Waals surface area contributed by atoms with Gasteiger partial charge in [-0.1, -0.05) is 12.1 Å². The Balaban J connectivity index is 2.25. The lowest BCUT2D eigenvalue weighted by atomic mass is 10.1. The molecule has 0 heterocycles. The Kier molecular flexibility index (Phi) is 4.45. The molecule has 17 heavy (non-hydrogen) atoms. The fraction of sp³-hybridized carbons (Fsp3) is 0.300. The zero-order chi connectivity index (χ0) is 12.9. The topological polar surface area (TPSA) is 38.3 Å². The first-order valence-electron chi connectivity index (χ1n) is 4.65. The first-order chi connectivity index (χ1) is 7.89. The fourth-order valence-corrected chi connectivity index (χ4v) is 1.02. The van der Waals surface area contributed by atoms with Crippen molar-refractivity contribution in [1.29, 1.82) is 0 Å². The van der Waals surface area contributed by atoms with Crippen molar-refractivity contribution in [2.75, 3.05) is 6.54 Å². The molecule has 94 valence electrons. The number of carbonyl (C=O) groups excluding carboxylic acids is 1. The summed E-state index contributed by atoms with van der Waals surface area (Å²) < 4.78 is 47.6. The van der Waals surface area contributed by atoms with E-state index in [1.165, 1.54) is 24.3 Å². The predicted octanol–water partition coefficient (Wildman–Crippen LogP) is 1.98. The standard InChI is InChI=1S/C10H9F4NO2/c11-8-3-1-7(2-4-8)5-6-15-17-9(16)10(12,13)14/h1-4,15H,5-6H2. The molecule has 0 atom stereocenters. The van der Waals surface area contributed by atoms with E-state index in [2.05, 4.69) is 4.84 Å².